The maximum absolute atomic E-state index is 3.55. The molecule has 6 heavy (non-hydrogen) atoms. The van der Waals surface area contributed by atoms with Gasteiger partial charge in [0.15, 0.2) is 0 Å². The van der Waals surface area contributed by atoms with Crippen LogP contribution in [0.1, 0.15) is 6.92 Å². The number of rotatable bonds is 0. The van der Waals surface area contributed by atoms with Crippen molar-refractivity contribution in [2.45, 2.75) is 6.92 Å². The third kappa shape index (κ3) is 3.82. The normalized spacial score (nSPS) is 5.50. The molecule has 0 nitrogen and oxygen atoms in total. The second-order valence-corrected chi connectivity index (χ2v) is 1.44. The van der Waals surface area contributed by atoms with E-state index in [2.05, 4.69) is 33.3 Å². The van der Waals surface area contributed by atoms with Gasteiger partial charge < -0.3 is 0 Å². The van der Waals surface area contributed by atoms with Gasteiger partial charge in [-0.1, -0.05) is 0 Å². The van der Waals surface area contributed by atoms with Crippen LogP contribution in [0.4, 0.5) is 0 Å². The molecule has 0 rings (SSSR count). The summed E-state index contributed by atoms with van der Waals surface area (Å²) >= 11 is 2.55. The van der Waals surface area contributed by atoms with Crippen molar-refractivity contribution in [1.82, 2.24) is 0 Å². The Kier molecular flexibility index (Phi) is 2.94. The fourth-order valence-corrected chi connectivity index (χ4v) is 0.453. The van der Waals surface area contributed by atoms with Crippen molar-refractivity contribution < 1.29 is 0 Å². The topological polar surface area (TPSA) is 0 Å². The molecule has 32 valence electrons. The van der Waals surface area contributed by atoms with Crippen LogP contribution < -0.4 is 0 Å². The zero-order chi connectivity index (χ0) is 4.99. The third-order valence-corrected chi connectivity index (χ3v) is 0.479. The summed E-state index contributed by atoms with van der Waals surface area (Å²) < 4.78 is 0. The SMILES string of the molecule is C=C(C)C#C[Se-]. The predicted molar refractivity (Wildman–Crippen MR) is 28.3 cm³/mol. The molecule has 0 aromatic carbocycles. The van der Waals surface area contributed by atoms with Gasteiger partial charge in [-0.15, -0.1) is 0 Å². The summed E-state index contributed by atoms with van der Waals surface area (Å²) in [6, 6.07) is 0. The van der Waals surface area contributed by atoms with Crippen LogP contribution in [0.3, 0.4) is 0 Å². The summed E-state index contributed by atoms with van der Waals surface area (Å²) in [6.45, 7) is 5.42. The first-order valence-corrected chi connectivity index (χ1v) is 2.41. The van der Waals surface area contributed by atoms with Gasteiger partial charge in [-0.05, 0) is 0 Å². The molecule has 0 atom stereocenters. The molecule has 0 amide bonds. The molecule has 0 fully saturated rings. The van der Waals surface area contributed by atoms with E-state index in [-0.39, 0.29) is 0 Å². The summed E-state index contributed by atoms with van der Waals surface area (Å²) in [5.41, 5.74) is 0.897. The molecule has 0 aliphatic rings. The summed E-state index contributed by atoms with van der Waals surface area (Å²) in [5, 5.41) is 0. The maximum atomic E-state index is 3.55. The van der Waals surface area contributed by atoms with Crippen molar-refractivity contribution in [3.63, 3.8) is 0 Å². The van der Waals surface area contributed by atoms with Gasteiger partial charge in [-0.25, -0.2) is 0 Å². The van der Waals surface area contributed by atoms with Gasteiger partial charge in [0, 0.05) is 0 Å². The monoisotopic (exact) mass is 145 g/mol. The van der Waals surface area contributed by atoms with E-state index >= 15 is 0 Å². The second-order valence-electron chi connectivity index (χ2n) is 1.01. The molecule has 0 bridgehead atoms. The first kappa shape index (κ1) is 5.82. The van der Waals surface area contributed by atoms with Crippen LogP contribution in [0.5, 0.6) is 0 Å². The van der Waals surface area contributed by atoms with E-state index in [0.717, 1.165) is 5.57 Å². The molecule has 0 spiro atoms. The Morgan fingerprint density at radius 1 is 1.83 bits per heavy atom. The van der Waals surface area contributed by atoms with E-state index in [1.807, 2.05) is 6.92 Å². The van der Waals surface area contributed by atoms with Crippen molar-refractivity contribution in [3.05, 3.63) is 12.2 Å². The third-order valence-electron chi connectivity index (χ3n) is 0.264. The zero-order valence-corrected chi connectivity index (χ0v) is 5.33. The van der Waals surface area contributed by atoms with Crippen molar-refractivity contribution >= 4 is 16.0 Å². The average Bonchev–Trinajstić information content (AvgIpc) is 1.35. The minimum absolute atomic E-state index is 0.897. The van der Waals surface area contributed by atoms with E-state index < -0.39 is 0 Å². The Morgan fingerprint density at radius 2 is 2.33 bits per heavy atom. The molecule has 0 aromatic rings. The van der Waals surface area contributed by atoms with Gasteiger partial charge in [0.05, 0.1) is 0 Å². The minimum atomic E-state index is 0.897. The molecular weight excluding hydrogens is 139 g/mol. The van der Waals surface area contributed by atoms with Crippen molar-refractivity contribution in [1.29, 1.82) is 0 Å². The van der Waals surface area contributed by atoms with Crippen molar-refractivity contribution in [2.24, 2.45) is 0 Å². The molecular formula is C5H5Se-. The predicted octanol–water partition coefficient (Wildman–Crippen LogP) is 0.692. The Labute approximate surface area is 46.4 Å². The summed E-state index contributed by atoms with van der Waals surface area (Å²) in [4.78, 5) is 2.59. The Bertz CT molecular complexity index is 103. The molecule has 0 heterocycles. The Balaban J connectivity index is 3.50. The van der Waals surface area contributed by atoms with Crippen LogP contribution in [0, 0.1) is 10.7 Å². The van der Waals surface area contributed by atoms with Crippen LogP contribution in [0.15, 0.2) is 12.2 Å². The van der Waals surface area contributed by atoms with Crippen LogP contribution in [-0.2, 0) is 0 Å². The fourth-order valence-electron chi connectivity index (χ4n) is 0.0871. The summed E-state index contributed by atoms with van der Waals surface area (Å²) in [5.74, 6) is 2.71. The van der Waals surface area contributed by atoms with Crippen molar-refractivity contribution in [2.75, 3.05) is 0 Å². The van der Waals surface area contributed by atoms with Gasteiger partial charge in [0.1, 0.15) is 0 Å². The average molecular weight is 144 g/mol. The van der Waals surface area contributed by atoms with E-state index in [1.54, 1.807) is 0 Å². The first-order chi connectivity index (χ1) is 2.77. The molecule has 0 saturated carbocycles. The Hall–Kier alpha value is -0.181. The standard InChI is InChI=1S/C5H6Se/c1-5(2)3-4-6/h6H,1H2,2H3/p-1. The van der Waals surface area contributed by atoms with Gasteiger partial charge >= 0.3 is 45.8 Å². The molecule has 0 N–H and O–H groups in total. The van der Waals surface area contributed by atoms with E-state index in [1.165, 1.54) is 0 Å². The summed E-state index contributed by atoms with van der Waals surface area (Å²) in [6.07, 6.45) is 0. The van der Waals surface area contributed by atoms with Crippen LogP contribution >= 0.6 is 0 Å². The molecule has 0 aromatic heterocycles. The van der Waals surface area contributed by atoms with Gasteiger partial charge in [-0.2, -0.15) is 0 Å². The number of allylic oxidation sites excluding steroid dienone is 1. The number of hydrogen-bond donors (Lipinski definition) is 0. The molecule has 0 radical (unpaired) electrons. The first-order valence-electron chi connectivity index (χ1n) is 1.56. The van der Waals surface area contributed by atoms with Crippen LogP contribution in [-0.4, -0.2) is 16.0 Å². The van der Waals surface area contributed by atoms with Crippen LogP contribution in [0.25, 0.3) is 0 Å². The molecule has 0 saturated heterocycles. The van der Waals surface area contributed by atoms with Crippen molar-refractivity contribution in [3.8, 4) is 10.7 Å². The van der Waals surface area contributed by atoms with E-state index in [4.69, 9.17) is 0 Å². The second kappa shape index (κ2) is 3.03. The van der Waals surface area contributed by atoms with Gasteiger partial charge in [-0.3, -0.25) is 0 Å². The molecule has 0 aliphatic heterocycles. The Morgan fingerprint density at radius 3 is 2.33 bits per heavy atom. The molecule has 0 unspecified atom stereocenters. The van der Waals surface area contributed by atoms with E-state index in [9.17, 15) is 0 Å². The fraction of sp³-hybridized carbons (Fsp3) is 0.200. The number of hydrogen-bond acceptors (Lipinski definition) is 0. The van der Waals surface area contributed by atoms with Gasteiger partial charge in [0.25, 0.3) is 0 Å². The molecule has 1 heteroatoms. The van der Waals surface area contributed by atoms with Crippen LogP contribution in [0.2, 0.25) is 0 Å². The van der Waals surface area contributed by atoms with Gasteiger partial charge in [0.2, 0.25) is 0 Å². The quantitative estimate of drug-likeness (QED) is 0.346. The van der Waals surface area contributed by atoms with E-state index in [0.29, 0.717) is 0 Å². The zero-order valence-electron chi connectivity index (χ0n) is 3.62. The molecule has 0 aliphatic carbocycles. The summed E-state index contributed by atoms with van der Waals surface area (Å²) in [7, 11) is 0.